The van der Waals surface area contributed by atoms with Gasteiger partial charge >= 0.3 is 12.1 Å². The number of phenolic OH excluding ortho intramolecular Hbond substituents is 1. The molecule has 0 aliphatic carbocycles. The van der Waals surface area contributed by atoms with Gasteiger partial charge in [-0.2, -0.15) is 18.2 Å². The van der Waals surface area contributed by atoms with E-state index in [1.165, 1.54) is 42.5 Å². The van der Waals surface area contributed by atoms with Gasteiger partial charge in [0.25, 0.3) is 11.8 Å². The van der Waals surface area contributed by atoms with Crippen LogP contribution in [0.15, 0.2) is 66.7 Å². The molecule has 4 rings (SSSR count). The third-order valence-corrected chi connectivity index (χ3v) is 4.62. The number of carboxylic acid groups (broad SMARTS) is 2. The summed E-state index contributed by atoms with van der Waals surface area (Å²) in [6, 6.07) is 14.5. The van der Waals surface area contributed by atoms with E-state index >= 15 is 0 Å². The van der Waals surface area contributed by atoms with Crippen molar-refractivity contribution in [1.29, 1.82) is 0 Å². The molecule has 3 aromatic carbocycles. The van der Waals surface area contributed by atoms with E-state index in [2.05, 4.69) is 9.72 Å². The molecule has 0 aliphatic rings. The first kappa shape index (κ1) is 27.9. The van der Waals surface area contributed by atoms with Gasteiger partial charge in [0.05, 0.1) is 16.9 Å². The van der Waals surface area contributed by atoms with Gasteiger partial charge in [0, 0.05) is 6.07 Å². The fraction of sp³-hybridized carbons (Fsp3) is 0. The molecule has 0 saturated heterocycles. The summed E-state index contributed by atoms with van der Waals surface area (Å²) < 4.78 is 56.7. The minimum atomic E-state index is -1.71. The second-order valence-corrected chi connectivity index (χ2v) is 7.32. The van der Waals surface area contributed by atoms with Crippen molar-refractivity contribution in [3.8, 4) is 34.6 Å². The molecular formula is C25H18F3N3O8. The number of carboxylic acids is 1. The highest BCUT2D eigenvalue weighted by atomic mass is 19.2. The molecule has 4 aromatic rings. The van der Waals surface area contributed by atoms with Crippen LogP contribution in [0.1, 0.15) is 10.4 Å². The van der Waals surface area contributed by atoms with Crippen molar-refractivity contribution in [3.05, 3.63) is 89.9 Å². The SMILES string of the molecule is Nc1ccc(Oc2c(F)c(F)nc(Oc3ccc(C(=O)O)cc3)c2F)cc1O.Nc1ccccc1OC(=O)O. The zero-order valence-electron chi connectivity index (χ0n) is 19.5. The molecule has 0 fully saturated rings. The summed E-state index contributed by atoms with van der Waals surface area (Å²) in [7, 11) is 0. The van der Waals surface area contributed by atoms with Crippen molar-refractivity contribution >= 4 is 23.5 Å². The monoisotopic (exact) mass is 545 g/mol. The Morgan fingerprint density at radius 2 is 1.44 bits per heavy atom. The number of aromatic nitrogens is 1. The van der Waals surface area contributed by atoms with Crippen LogP contribution in [-0.4, -0.2) is 32.4 Å². The Morgan fingerprint density at radius 1 is 0.795 bits per heavy atom. The normalized spacial score (nSPS) is 10.1. The molecule has 14 heteroatoms. The lowest BCUT2D eigenvalue weighted by Crippen LogP contribution is -2.04. The number of nitrogen functional groups attached to an aromatic ring is 2. The van der Waals surface area contributed by atoms with E-state index in [0.29, 0.717) is 5.69 Å². The fourth-order valence-electron chi connectivity index (χ4n) is 2.78. The van der Waals surface area contributed by atoms with Gasteiger partial charge < -0.3 is 41.0 Å². The number of aromatic hydroxyl groups is 1. The first-order valence-corrected chi connectivity index (χ1v) is 10.5. The number of carbonyl (C=O) groups is 2. The van der Waals surface area contributed by atoms with Crippen LogP contribution < -0.4 is 25.7 Å². The number of halogens is 3. The second-order valence-electron chi connectivity index (χ2n) is 7.32. The summed E-state index contributed by atoms with van der Waals surface area (Å²) in [5.74, 6) is -8.63. The summed E-state index contributed by atoms with van der Waals surface area (Å²) in [5.41, 5.74) is 11.1. The zero-order valence-corrected chi connectivity index (χ0v) is 19.5. The third-order valence-electron chi connectivity index (χ3n) is 4.62. The highest BCUT2D eigenvalue weighted by Gasteiger charge is 2.24. The average molecular weight is 545 g/mol. The Hall–Kier alpha value is -5.66. The van der Waals surface area contributed by atoms with Gasteiger partial charge in [0.1, 0.15) is 17.2 Å². The number of rotatable bonds is 6. The van der Waals surface area contributed by atoms with Crippen LogP contribution in [0, 0.1) is 17.6 Å². The van der Waals surface area contributed by atoms with Gasteiger partial charge in [-0.25, -0.2) is 9.59 Å². The highest BCUT2D eigenvalue weighted by molar-refractivity contribution is 5.87. The topological polar surface area (TPSA) is 187 Å². The van der Waals surface area contributed by atoms with E-state index in [1.54, 1.807) is 18.2 Å². The molecule has 0 radical (unpaired) electrons. The minimum Gasteiger partial charge on any atom is -0.506 e. The number of pyridine rings is 1. The van der Waals surface area contributed by atoms with E-state index in [-0.39, 0.29) is 28.5 Å². The molecule has 39 heavy (non-hydrogen) atoms. The maximum atomic E-state index is 14.6. The Bertz CT molecular complexity index is 1520. The second kappa shape index (κ2) is 12.1. The van der Waals surface area contributed by atoms with Crippen LogP contribution in [0.2, 0.25) is 0 Å². The maximum absolute atomic E-state index is 14.6. The van der Waals surface area contributed by atoms with Crippen molar-refractivity contribution in [1.82, 2.24) is 4.98 Å². The number of ether oxygens (including phenoxy) is 3. The molecule has 0 amide bonds. The summed E-state index contributed by atoms with van der Waals surface area (Å²) in [6.45, 7) is 0. The lowest BCUT2D eigenvalue weighted by molar-refractivity contribution is 0.0696. The van der Waals surface area contributed by atoms with Gasteiger partial charge in [-0.05, 0) is 48.5 Å². The predicted molar refractivity (Wildman–Crippen MR) is 130 cm³/mol. The van der Waals surface area contributed by atoms with Crippen LogP contribution in [0.5, 0.6) is 34.6 Å². The minimum absolute atomic E-state index is 0.00281. The first-order valence-electron chi connectivity index (χ1n) is 10.5. The predicted octanol–water partition coefficient (Wildman–Crippen LogP) is 5.40. The van der Waals surface area contributed by atoms with E-state index in [4.69, 9.17) is 31.2 Å². The molecule has 0 atom stereocenters. The number of aromatic carboxylic acids is 1. The molecule has 0 aliphatic heterocycles. The Balaban J connectivity index is 0.000000320. The average Bonchev–Trinajstić information content (AvgIpc) is 2.89. The molecule has 11 nitrogen and oxygen atoms in total. The Kier molecular flexibility index (Phi) is 8.63. The van der Waals surface area contributed by atoms with Gasteiger partial charge in [-0.3, -0.25) is 0 Å². The number of nitrogens with zero attached hydrogens (tertiary/aromatic N) is 1. The summed E-state index contributed by atoms with van der Waals surface area (Å²) >= 11 is 0. The van der Waals surface area contributed by atoms with Crippen LogP contribution in [0.25, 0.3) is 0 Å². The molecule has 0 bridgehead atoms. The first-order chi connectivity index (χ1) is 18.5. The summed E-state index contributed by atoms with van der Waals surface area (Å²) in [4.78, 5) is 23.9. The third kappa shape index (κ3) is 7.19. The molecule has 0 saturated carbocycles. The van der Waals surface area contributed by atoms with E-state index < -0.39 is 47.1 Å². The number of anilines is 2. The fourth-order valence-corrected chi connectivity index (χ4v) is 2.78. The number of nitrogens with two attached hydrogens (primary N) is 2. The standard InChI is InChI=1S/C18H11F3N2O5.C7H7NO3/c19-13-15(27-10-5-6-11(22)12(24)7-10)14(20)17(23-16(13)21)28-9-3-1-8(2-4-9)18(25)26;8-5-3-1-2-4-6(5)11-7(9)10/h1-7,24H,22H2,(H,25,26);1-4H,8H2,(H,9,10). The number of hydrogen-bond acceptors (Lipinski definition) is 9. The van der Waals surface area contributed by atoms with E-state index in [0.717, 1.165) is 6.07 Å². The summed E-state index contributed by atoms with van der Waals surface area (Å²) in [5, 5.41) is 26.6. The van der Waals surface area contributed by atoms with Gasteiger partial charge in [0.2, 0.25) is 17.4 Å². The van der Waals surface area contributed by atoms with Gasteiger partial charge in [0.15, 0.2) is 5.75 Å². The van der Waals surface area contributed by atoms with Crippen LogP contribution >= 0.6 is 0 Å². The van der Waals surface area contributed by atoms with Crippen LogP contribution in [0.3, 0.4) is 0 Å². The van der Waals surface area contributed by atoms with E-state index in [9.17, 15) is 27.9 Å². The number of hydrogen-bond donors (Lipinski definition) is 5. The number of para-hydroxylation sites is 2. The van der Waals surface area contributed by atoms with Crippen molar-refractivity contribution in [3.63, 3.8) is 0 Å². The molecule has 0 spiro atoms. The Morgan fingerprint density at radius 3 is 2.03 bits per heavy atom. The smallest absolute Gasteiger partial charge is 0.506 e. The zero-order chi connectivity index (χ0) is 28.7. The van der Waals surface area contributed by atoms with Crippen molar-refractivity contribution < 1.29 is 52.3 Å². The molecule has 1 aromatic heterocycles. The molecule has 1 heterocycles. The Labute approximate surface area is 217 Å². The number of phenols is 1. The highest BCUT2D eigenvalue weighted by Crippen LogP contribution is 2.36. The quantitative estimate of drug-likeness (QED) is 0.0686. The van der Waals surface area contributed by atoms with Gasteiger partial charge in [-0.15, -0.1) is 0 Å². The summed E-state index contributed by atoms with van der Waals surface area (Å²) in [6.07, 6.45) is -1.36. The molecule has 7 N–H and O–H groups in total. The largest absolute Gasteiger partial charge is 0.511 e. The molecular weight excluding hydrogens is 527 g/mol. The van der Waals surface area contributed by atoms with E-state index in [1.807, 2.05) is 0 Å². The molecule has 0 unspecified atom stereocenters. The van der Waals surface area contributed by atoms with Crippen molar-refractivity contribution in [2.45, 2.75) is 0 Å². The van der Waals surface area contributed by atoms with Gasteiger partial charge in [-0.1, -0.05) is 12.1 Å². The maximum Gasteiger partial charge on any atom is 0.511 e. The lowest BCUT2D eigenvalue weighted by Gasteiger charge is -2.12. The van der Waals surface area contributed by atoms with Crippen LogP contribution in [-0.2, 0) is 0 Å². The van der Waals surface area contributed by atoms with Crippen LogP contribution in [0.4, 0.5) is 29.3 Å². The molecule has 202 valence electrons. The van der Waals surface area contributed by atoms with Crippen molar-refractivity contribution in [2.24, 2.45) is 0 Å². The van der Waals surface area contributed by atoms with Crippen molar-refractivity contribution in [2.75, 3.05) is 11.5 Å². The number of benzene rings is 3. The lowest BCUT2D eigenvalue weighted by atomic mass is 10.2.